The molecule has 1 aromatic rings. The van der Waals surface area contributed by atoms with Crippen molar-refractivity contribution in [2.75, 3.05) is 14.2 Å². The molecule has 0 bridgehead atoms. The number of carbonyl (C=O) groups excluding carboxylic acids is 1. The molecular formula is C10H8F2N2O3. The predicted octanol–water partition coefficient (Wildman–Crippen LogP) is 1.69. The van der Waals surface area contributed by atoms with Gasteiger partial charge in [0.25, 0.3) is 6.43 Å². The van der Waals surface area contributed by atoms with Crippen molar-refractivity contribution in [1.82, 2.24) is 4.98 Å². The van der Waals surface area contributed by atoms with Gasteiger partial charge in [-0.15, -0.1) is 0 Å². The fourth-order valence-corrected chi connectivity index (χ4v) is 1.28. The minimum atomic E-state index is -3.00. The first kappa shape index (κ1) is 12.8. The number of halogens is 2. The Balaban J connectivity index is 3.59. The van der Waals surface area contributed by atoms with Crippen LogP contribution in [0.2, 0.25) is 0 Å². The van der Waals surface area contributed by atoms with Gasteiger partial charge in [0.1, 0.15) is 6.07 Å². The van der Waals surface area contributed by atoms with E-state index in [9.17, 15) is 13.6 Å². The number of hydrogen-bond donors (Lipinski definition) is 0. The minimum Gasteiger partial charge on any atom is -0.481 e. The second kappa shape index (κ2) is 5.21. The molecule has 0 aliphatic carbocycles. The van der Waals surface area contributed by atoms with E-state index in [-0.39, 0.29) is 5.56 Å². The third-order valence-corrected chi connectivity index (χ3v) is 2.00. The third kappa shape index (κ3) is 2.30. The lowest BCUT2D eigenvalue weighted by atomic mass is 10.0. The van der Waals surface area contributed by atoms with E-state index in [1.807, 2.05) is 0 Å². The first-order chi connectivity index (χ1) is 8.06. The summed E-state index contributed by atoms with van der Waals surface area (Å²) in [6.07, 6.45) is -2.02. The number of nitriles is 1. The summed E-state index contributed by atoms with van der Waals surface area (Å²) < 4.78 is 34.7. The molecule has 0 fully saturated rings. The van der Waals surface area contributed by atoms with Gasteiger partial charge in [0.15, 0.2) is 0 Å². The molecule has 90 valence electrons. The molecule has 7 heteroatoms. The number of alkyl halides is 2. The summed E-state index contributed by atoms with van der Waals surface area (Å²) in [5, 5.41) is 8.75. The van der Waals surface area contributed by atoms with Crippen molar-refractivity contribution in [3.05, 3.63) is 22.9 Å². The molecule has 0 spiro atoms. The molecule has 0 saturated heterocycles. The molecular weight excluding hydrogens is 234 g/mol. The molecule has 0 aliphatic heterocycles. The molecule has 17 heavy (non-hydrogen) atoms. The Morgan fingerprint density at radius 1 is 1.53 bits per heavy atom. The van der Waals surface area contributed by atoms with Gasteiger partial charge >= 0.3 is 5.97 Å². The number of hydrogen-bond acceptors (Lipinski definition) is 5. The summed E-state index contributed by atoms with van der Waals surface area (Å²) in [5.41, 5.74) is -1.54. The Labute approximate surface area is 95.6 Å². The molecule has 0 saturated carbocycles. The van der Waals surface area contributed by atoms with E-state index in [1.54, 1.807) is 6.07 Å². The number of ether oxygens (including phenoxy) is 2. The van der Waals surface area contributed by atoms with Crippen molar-refractivity contribution in [1.29, 1.82) is 5.26 Å². The summed E-state index contributed by atoms with van der Waals surface area (Å²) in [6, 6.07) is 1.61. The summed E-state index contributed by atoms with van der Waals surface area (Å²) >= 11 is 0. The molecule has 0 aromatic carbocycles. The van der Waals surface area contributed by atoms with Gasteiger partial charge in [-0.1, -0.05) is 0 Å². The van der Waals surface area contributed by atoms with Gasteiger partial charge in [-0.3, -0.25) is 0 Å². The molecule has 0 unspecified atom stereocenters. The zero-order chi connectivity index (χ0) is 13.0. The summed E-state index contributed by atoms with van der Waals surface area (Å²) in [7, 11) is 2.17. The van der Waals surface area contributed by atoms with Crippen LogP contribution in [-0.2, 0) is 4.74 Å². The zero-order valence-corrected chi connectivity index (χ0v) is 9.03. The fourth-order valence-electron chi connectivity index (χ4n) is 1.28. The lowest BCUT2D eigenvalue weighted by Crippen LogP contribution is -2.11. The zero-order valence-electron chi connectivity index (χ0n) is 9.03. The van der Waals surface area contributed by atoms with Crippen molar-refractivity contribution in [2.24, 2.45) is 0 Å². The quantitative estimate of drug-likeness (QED) is 0.754. The Morgan fingerprint density at radius 3 is 2.59 bits per heavy atom. The smallest absolute Gasteiger partial charge is 0.339 e. The van der Waals surface area contributed by atoms with Crippen molar-refractivity contribution < 1.29 is 23.0 Å². The number of aromatic nitrogens is 1. The second-order valence-electron chi connectivity index (χ2n) is 2.87. The lowest BCUT2D eigenvalue weighted by Gasteiger charge is -2.11. The number of esters is 1. The van der Waals surface area contributed by atoms with E-state index in [2.05, 4.69) is 14.5 Å². The van der Waals surface area contributed by atoms with Crippen LogP contribution in [0.3, 0.4) is 0 Å². The van der Waals surface area contributed by atoms with Crippen LogP contribution in [0.5, 0.6) is 5.88 Å². The predicted molar refractivity (Wildman–Crippen MR) is 51.8 cm³/mol. The fraction of sp³-hybridized carbons (Fsp3) is 0.300. The molecule has 0 aliphatic rings. The summed E-state index contributed by atoms with van der Waals surface area (Å²) in [5.74, 6) is -1.43. The van der Waals surface area contributed by atoms with Gasteiger partial charge in [-0.05, 0) is 0 Å². The van der Waals surface area contributed by atoms with Gasteiger partial charge in [0, 0.05) is 6.20 Å². The van der Waals surface area contributed by atoms with E-state index in [0.717, 1.165) is 20.4 Å². The van der Waals surface area contributed by atoms with Crippen LogP contribution in [0, 0.1) is 11.3 Å². The highest BCUT2D eigenvalue weighted by Crippen LogP contribution is 2.32. The normalized spacial score (nSPS) is 9.88. The molecule has 0 N–H and O–H groups in total. The number of nitrogens with zero attached hydrogens (tertiary/aromatic N) is 2. The molecule has 0 atom stereocenters. The van der Waals surface area contributed by atoms with Crippen LogP contribution in [0.25, 0.3) is 0 Å². The highest BCUT2D eigenvalue weighted by atomic mass is 19.3. The van der Waals surface area contributed by atoms with Crippen molar-refractivity contribution in [2.45, 2.75) is 6.43 Å². The van der Waals surface area contributed by atoms with Crippen molar-refractivity contribution in [3.8, 4) is 11.9 Å². The van der Waals surface area contributed by atoms with Crippen LogP contribution >= 0.6 is 0 Å². The van der Waals surface area contributed by atoms with E-state index >= 15 is 0 Å². The second-order valence-corrected chi connectivity index (χ2v) is 2.87. The maximum atomic E-state index is 12.9. The SMILES string of the molecule is COC(=O)c1c(C#N)cnc(OC)c1C(F)F. The number of rotatable bonds is 3. The first-order valence-electron chi connectivity index (χ1n) is 4.40. The monoisotopic (exact) mass is 242 g/mol. The maximum absolute atomic E-state index is 12.9. The average molecular weight is 242 g/mol. The van der Waals surface area contributed by atoms with E-state index in [0.29, 0.717) is 0 Å². The highest BCUT2D eigenvalue weighted by Gasteiger charge is 2.28. The Kier molecular flexibility index (Phi) is 3.93. The van der Waals surface area contributed by atoms with Crippen LogP contribution < -0.4 is 4.74 Å². The molecule has 1 rings (SSSR count). The van der Waals surface area contributed by atoms with Gasteiger partial charge in [0.05, 0.1) is 30.9 Å². The van der Waals surface area contributed by atoms with Crippen LogP contribution in [-0.4, -0.2) is 25.2 Å². The number of carbonyl (C=O) groups is 1. The highest BCUT2D eigenvalue weighted by molar-refractivity contribution is 5.94. The van der Waals surface area contributed by atoms with Crippen LogP contribution in [0.15, 0.2) is 6.20 Å². The lowest BCUT2D eigenvalue weighted by molar-refractivity contribution is 0.0587. The number of methoxy groups -OCH3 is 2. The summed E-state index contributed by atoms with van der Waals surface area (Å²) in [4.78, 5) is 14.9. The third-order valence-electron chi connectivity index (χ3n) is 2.00. The maximum Gasteiger partial charge on any atom is 0.339 e. The largest absolute Gasteiger partial charge is 0.481 e. The van der Waals surface area contributed by atoms with Gasteiger partial charge in [-0.2, -0.15) is 5.26 Å². The van der Waals surface area contributed by atoms with E-state index in [1.165, 1.54) is 0 Å². The average Bonchev–Trinajstić information content (AvgIpc) is 2.35. The molecule has 0 amide bonds. The minimum absolute atomic E-state index is 0.284. The van der Waals surface area contributed by atoms with Gasteiger partial charge in [0.2, 0.25) is 5.88 Å². The van der Waals surface area contributed by atoms with Gasteiger partial charge in [-0.25, -0.2) is 18.6 Å². The Hall–Kier alpha value is -2.23. The first-order valence-corrected chi connectivity index (χ1v) is 4.40. The molecule has 1 heterocycles. The molecule has 0 radical (unpaired) electrons. The van der Waals surface area contributed by atoms with Gasteiger partial charge < -0.3 is 9.47 Å². The van der Waals surface area contributed by atoms with E-state index in [4.69, 9.17) is 5.26 Å². The molecule has 1 aromatic heterocycles. The van der Waals surface area contributed by atoms with Crippen LogP contribution in [0.4, 0.5) is 8.78 Å². The Morgan fingerprint density at radius 2 is 2.18 bits per heavy atom. The topological polar surface area (TPSA) is 72.2 Å². The van der Waals surface area contributed by atoms with Crippen LogP contribution in [0.1, 0.15) is 27.9 Å². The Bertz CT molecular complexity index is 483. The number of pyridine rings is 1. The molecule has 5 nitrogen and oxygen atoms in total. The van der Waals surface area contributed by atoms with E-state index < -0.39 is 29.4 Å². The standard InChI is InChI=1S/C10H8F2N2O3/c1-16-9-7(8(11)12)6(10(15)17-2)5(3-13)4-14-9/h4,8H,1-2H3. The van der Waals surface area contributed by atoms with Crippen molar-refractivity contribution >= 4 is 5.97 Å². The van der Waals surface area contributed by atoms with Crippen molar-refractivity contribution in [3.63, 3.8) is 0 Å². The summed E-state index contributed by atoms with van der Waals surface area (Å²) in [6.45, 7) is 0.